The third kappa shape index (κ3) is 4.93. The number of carboxylic acid groups (broad SMARTS) is 1. The molecule has 3 N–H and O–H groups in total. The normalized spacial score (nSPS) is 20.4. The molecule has 10 nitrogen and oxygen atoms in total. The summed E-state index contributed by atoms with van der Waals surface area (Å²) in [5.74, 6) is -4.38. The van der Waals surface area contributed by atoms with Crippen LogP contribution in [0.15, 0.2) is 62.8 Å². The molecule has 3 aromatic rings. The molecule has 0 bridgehead atoms. The number of imide groups is 1. The molecule has 0 saturated carbocycles. The summed E-state index contributed by atoms with van der Waals surface area (Å²) in [6.45, 7) is -1.07. The van der Waals surface area contributed by atoms with Crippen LogP contribution in [0, 0.1) is 5.92 Å². The van der Waals surface area contributed by atoms with Gasteiger partial charge in [0.05, 0.1) is 10.9 Å². The van der Waals surface area contributed by atoms with Gasteiger partial charge in [-0.3, -0.25) is 28.9 Å². The van der Waals surface area contributed by atoms with Crippen LogP contribution < -0.4 is 14.9 Å². The van der Waals surface area contributed by atoms with Gasteiger partial charge in [-0.15, -0.1) is 0 Å². The standard InChI is InChI=1S/C24H18BrN3O7S2/c25-11-6-7-14(35-10-15(29)26-12-4-2-1-3-5-12)13(8-11)17-18-20(36-21-19(17)37-24(34)27-21)23(33)28(22(18)32)9-16(30)31/h1-8,17-18,20H,9-10H2,(H,26,29)(H,27,34)(H,30,31)/t17-,18?,20?/m1/s1. The van der Waals surface area contributed by atoms with Crippen LogP contribution in [0.5, 0.6) is 5.75 Å². The molecular weight excluding hydrogens is 586 g/mol. The smallest absolute Gasteiger partial charge is 0.323 e. The van der Waals surface area contributed by atoms with Crippen LogP contribution >= 0.6 is 39.0 Å². The molecule has 3 atom stereocenters. The fraction of sp³-hybridized carbons (Fsp3) is 0.208. The Bertz CT molecular complexity index is 1470. The molecule has 1 aromatic heterocycles. The Labute approximate surface area is 226 Å². The molecule has 2 unspecified atom stereocenters. The van der Waals surface area contributed by atoms with E-state index in [0.717, 1.165) is 28.0 Å². The number of fused-ring (bicyclic) bond motifs is 2. The van der Waals surface area contributed by atoms with E-state index >= 15 is 0 Å². The third-order valence-electron chi connectivity index (χ3n) is 5.93. The first-order chi connectivity index (χ1) is 17.7. The second-order valence-electron chi connectivity index (χ2n) is 8.29. The van der Waals surface area contributed by atoms with Gasteiger partial charge in [0.1, 0.15) is 17.5 Å². The van der Waals surface area contributed by atoms with Gasteiger partial charge in [-0.25, -0.2) is 0 Å². The number of H-pyrrole nitrogens is 1. The van der Waals surface area contributed by atoms with Crippen LogP contribution in [0.1, 0.15) is 16.4 Å². The Balaban J connectivity index is 1.51. The minimum Gasteiger partial charge on any atom is -0.483 e. The maximum atomic E-state index is 13.4. The van der Waals surface area contributed by atoms with E-state index < -0.39 is 47.3 Å². The minimum atomic E-state index is -1.30. The Morgan fingerprint density at radius 2 is 1.86 bits per heavy atom. The Kier molecular flexibility index (Phi) is 6.92. The predicted molar refractivity (Wildman–Crippen MR) is 139 cm³/mol. The van der Waals surface area contributed by atoms with Crippen molar-refractivity contribution in [3.05, 3.63) is 73.1 Å². The summed E-state index contributed by atoms with van der Waals surface area (Å²) in [5.41, 5.74) is 1.10. The molecule has 0 aliphatic carbocycles. The van der Waals surface area contributed by atoms with Crippen LogP contribution in [0.4, 0.5) is 5.69 Å². The molecule has 1 saturated heterocycles. The molecule has 0 radical (unpaired) electrons. The topological polar surface area (TPSA) is 146 Å². The first-order valence-electron chi connectivity index (χ1n) is 11.0. The average Bonchev–Trinajstić information content (AvgIpc) is 3.34. The maximum absolute atomic E-state index is 13.4. The summed E-state index contributed by atoms with van der Waals surface area (Å²) in [6, 6.07) is 13.9. The number of benzene rings is 2. The molecule has 1 fully saturated rings. The second-order valence-corrected chi connectivity index (χ2v) is 11.4. The van der Waals surface area contributed by atoms with Gasteiger partial charge in [-0.05, 0) is 30.3 Å². The van der Waals surface area contributed by atoms with Crippen LogP contribution in [-0.4, -0.2) is 57.1 Å². The van der Waals surface area contributed by atoms with E-state index in [1.54, 1.807) is 42.5 Å². The van der Waals surface area contributed by atoms with Crippen LogP contribution in [0.3, 0.4) is 0 Å². The number of nitrogens with one attached hydrogen (secondary N) is 2. The number of ether oxygens (including phenoxy) is 1. The lowest BCUT2D eigenvalue weighted by Gasteiger charge is -2.31. The van der Waals surface area contributed by atoms with Gasteiger partial charge >= 0.3 is 10.8 Å². The van der Waals surface area contributed by atoms with Crippen molar-refractivity contribution in [2.45, 2.75) is 16.2 Å². The quantitative estimate of drug-likeness (QED) is 0.349. The van der Waals surface area contributed by atoms with Crippen molar-refractivity contribution in [1.82, 2.24) is 9.88 Å². The summed E-state index contributed by atoms with van der Waals surface area (Å²) in [6.07, 6.45) is 0. The van der Waals surface area contributed by atoms with Crippen molar-refractivity contribution in [3.63, 3.8) is 0 Å². The van der Waals surface area contributed by atoms with E-state index in [1.807, 2.05) is 6.07 Å². The average molecular weight is 604 g/mol. The SMILES string of the molecule is O=C(O)CN1C(=O)C2Sc3[nH]c(=O)sc3[C@H](c3cc(Br)ccc3OCC(=O)Nc3ccccc3)C2C1=O. The third-order valence-corrected chi connectivity index (χ3v) is 8.83. The van der Waals surface area contributed by atoms with E-state index in [1.165, 1.54) is 0 Å². The van der Waals surface area contributed by atoms with E-state index in [2.05, 4.69) is 26.2 Å². The van der Waals surface area contributed by atoms with Crippen molar-refractivity contribution < 1.29 is 29.0 Å². The van der Waals surface area contributed by atoms with Crippen molar-refractivity contribution >= 4 is 68.4 Å². The second kappa shape index (κ2) is 10.1. The number of hydrogen-bond acceptors (Lipinski definition) is 8. The number of aliphatic carboxylic acids is 1. The summed E-state index contributed by atoms with van der Waals surface area (Å²) in [4.78, 5) is 66.2. The maximum Gasteiger partial charge on any atom is 0.323 e. The summed E-state index contributed by atoms with van der Waals surface area (Å²) >= 11 is 5.40. The molecular formula is C24H18BrN3O7S2. The highest BCUT2D eigenvalue weighted by Crippen LogP contribution is 2.54. The number of nitrogens with zero attached hydrogens (tertiary/aromatic N) is 1. The number of rotatable bonds is 7. The predicted octanol–water partition coefficient (Wildman–Crippen LogP) is 2.89. The van der Waals surface area contributed by atoms with E-state index in [0.29, 0.717) is 31.4 Å². The Morgan fingerprint density at radius 3 is 2.59 bits per heavy atom. The molecule has 2 aromatic carbocycles. The molecule has 5 rings (SSSR count). The summed E-state index contributed by atoms with van der Waals surface area (Å²) < 4.78 is 6.53. The fourth-order valence-electron chi connectivity index (χ4n) is 4.46. The van der Waals surface area contributed by atoms with Gasteiger partial charge < -0.3 is 20.1 Å². The summed E-state index contributed by atoms with van der Waals surface area (Å²) in [7, 11) is 0. The summed E-state index contributed by atoms with van der Waals surface area (Å²) in [5, 5.41) is 11.5. The lowest BCUT2D eigenvalue weighted by atomic mass is 9.82. The van der Waals surface area contributed by atoms with Gasteiger partial charge in [0, 0.05) is 26.5 Å². The van der Waals surface area contributed by atoms with Crippen molar-refractivity contribution in [3.8, 4) is 5.75 Å². The molecule has 2 aliphatic rings. The van der Waals surface area contributed by atoms with Gasteiger partial charge in [0.15, 0.2) is 6.61 Å². The number of hydrogen-bond donors (Lipinski definition) is 3. The first kappa shape index (κ1) is 25.2. The molecule has 2 aliphatic heterocycles. The number of halogens is 1. The van der Waals surface area contributed by atoms with Crippen LogP contribution in [0.25, 0.3) is 0 Å². The van der Waals surface area contributed by atoms with Gasteiger partial charge in [-0.1, -0.05) is 57.2 Å². The number of carboxylic acids is 1. The molecule has 37 heavy (non-hydrogen) atoms. The first-order valence-corrected chi connectivity index (χ1v) is 13.5. The monoisotopic (exact) mass is 603 g/mol. The van der Waals surface area contributed by atoms with Crippen molar-refractivity contribution in [2.75, 3.05) is 18.5 Å². The lowest BCUT2D eigenvalue weighted by Crippen LogP contribution is -2.36. The minimum absolute atomic E-state index is 0.297. The number of para-hydroxylation sites is 1. The van der Waals surface area contributed by atoms with Gasteiger partial charge in [0.25, 0.3) is 5.91 Å². The number of anilines is 1. The molecule has 0 spiro atoms. The number of thiazole rings is 1. The zero-order valence-electron chi connectivity index (χ0n) is 18.8. The van der Waals surface area contributed by atoms with Gasteiger partial charge in [0.2, 0.25) is 11.8 Å². The lowest BCUT2D eigenvalue weighted by molar-refractivity contribution is -0.149. The van der Waals surface area contributed by atoms with E-state index in [9.17, 15) is 29.1 Å². The Hall–Kier alpha value is -3.42. The van der Waals surface area contributed by atoms with E-state index in [-0.39, 0.29) is 11.5 Å². The van der Waals surface area contributed by atoms with Crippen LogP contribution in [-0.2, 0) is 19.2 Å². The highest BCUT2D eigenvalue weighted by atomic mass is 79.9. The number of carbonyl (C=O) groups excluding carboxylic acids is 3. The van der Waals surface area contributed by atoms with Crippen LogP contribution in [0.2, 0.25) is 0 Å². The van der Waals surface area contributed by atoms with Crippen molar-refractivity contribution in [1.29, 1.82) is 0 Å². The zero-order chi connectivity index (χ0) is 26.3. The molecule has 3 amide bonds. The Morgan fingerprint density at radius 1 is 1.11 bits per heavy atom. The number of carbonyl (C=O) groups is 4. The van der Waals surface area contributed by atoms with E-state index in [4.69, 9.17) is 4.74 Å². The molecule has 3 heterocycles. The number of aromatic nitrogens is 1. The molecule has 13 heteroatoms. The van der Waals surface area contributed by atoms with Gasteiger partial charge in [-0.2, -0.15) is 0 Å². The number of aromatic amines is 1. The number of thioether (sulfide) groups is 1. The largest absolute Gasteiger partial charge is 0.483 e. The zero-order valence-corrected chi connectivity index (χ0v) is 22.0. The van der Waals surface area contributed by atoms with Crippen molar-refractivity contribution in [2.24, 2.45) is 5.92 Å². The molecule has 190 valence electrons. The highest BCUT2D eigenvalue weighted by Gasteiger charge is 2.56. The fourth-order valence-corrected chi connectivity index (χ4v) is 7.36. The number of likely N-dealkylation sites (tertiary alicyclic amines) is 1. The number of amides is 3. The highest BCUT2D eigenvalue weighted by molar-refractivity contribution is 9.10.